The molecule has 1 aromatic carbocycles. The van der Waals surface area contributed by atoms with Gasteiger partial charge in [0.15, 0.2) is 0 Å². The van der Waals surface area contributed by atoms with Crippen LogP contribution in [0, 0.1) is 0 Å². The van der Waals surface area contributed by atoms with Crippen LogP contribution in [0.4, 0.5) is 0 Å². The zero-order valence-electron chi connectivity index (χ0n) is 12.6. The molecule has 0 unspecified atom stereocenters. The molecular weight excluding hydrogens is 355 g/mol. The van der Waals surface area contributed by atoms with Crippen LogP contribution in [-0.4, -0.2) is 29.5 Å². The predicted molar refractivity (Wildman–Crippen MR) is 91.5 cm³/mol. The van der Waals surface area contributed by atoms with Gasteiger partial charge in [0.05, 0.1) is 7.11 Å². The van der Waals surface area contributed by atoms with Gasteiger partial charge in [-0.05, 0) is 36.4 Å². The van der Waals surface area contributed by atoms with Gasteiger partial charge in [-0.1, -0.05) is 23.2 Å². The first-order valence-electron chi connectivity index (χ1n) is 6.73. The van der Waals surface area contributed by atoms with Crippen molar-refractivity contribution in [2.45, 2.75) is 6.54 Å². The molecule has 3 N–H and O–H groups in total. The fourth-order valence-electron chi connectivity index (χ4n) is 1.83. The van der Waals surface area contributed by atoms with Crippen LogP contribution in [0.1, 0.15) is 10.4 Å². The maximum absolute atomic E-state index is 12.0. The molecule has 7 nitrogen and oxygen atoms in total. The minimum absolute atomic E-state index is 0.191. The van der Waals surface area contributed by atoms with E-state index in [2.05, 4.69) is 10.3 Å². The van der Waals surface area contributed by atoms with Crippen molar-refractivity contribution in [3.8, 4) is 5.75 Å². The number of carbonyl (C=O) groups excluding carboxylic acids is 2. The van der Waals surface area contributed by atoms with E-state index in [1.54, 1.807) is 36.4 Å². The van der Waals surface area contributed by atoms with E-state index >= 15 is 0 Å². The summed E-state index contributed by atoms with van der Waals surface area (Å²) in [4.78, 5) is 27.4. The third-order valence-corrected chi connectivity index (χ3v) is 3.67. The number of hydrogen-bond acceptors (Lipinski definition) is 3. The molecule has 24 heavy (non-hydrogen) atoms. The van der Waals surface area contributed by atoms with Gasteiger partial charge in [0.25, 0.3) is 11.8 Å². The van der Waals surface area contributed by atoms with E-state index in [0.717, 1.165) is 0 Å². The van der Waals surface area contributed by atoms with E-state index in [4.69, 9.17) is 33.7 Å². The third kappa shape index (κ3) is 4.50. The van der Waals surface area contributed by atoms with Gasteiger partial charge in [-0.2, -0.15) is 4.99 Å². The Morgan fingerprint density at radius 3 is 2.29 bits per heavy atom. The van der Waals surface area contributed by atoms with Crippen LogP contribution in [0.3, 0.4) is 0 Å². The molecule has 0 spiro atoms. The number of aromatic nitrogens is 1. The van der Waals surface area contributed by atoms with Crippen LogP contribution in [0.5, 0.6) is 5.75 Å². The summed E-state index contributed by atoms with van der Waals surface area (Å²) in [5.74, 6) is -0.810. The molecule has 0 saturated carbocycles. The first kappa shape index (κ1) is 17.8. The third-order valence-electron chi connectivity index (χ3n) is 3.01. The average molecular weight is 369 g/mol. The average Bonchev–Trinajstić information content (AvgIpc) is 2.86. The predicted octanol–water partition coefficient (Wildman–Crippen LogP) is 2.07. The molecule has 0 aliphatic heterocycles. The Bertz CT molecular complexity index is 765. The Kier molecular flexibility index (Phi) is 5.83. The Balaban J connectivity index is 1.99. The molecule has 0 aliphatic rings. The Morgan fingerprint density at radius 2 is 1.75 bits per heavy atom. The van der Waals surface area contributed by atoms with Gasteiger partial charge < -0.3 is 15.0 Å². The summed E-state index contributed by atoms with van der Waals surface area (Å²) in [6, 6.07) is 9.48. The number of ether oxygens (including phenoxy) is 1. The van der Waals surface area contributed by atoms with Crippen LogP contribution in [0.15, 0.2) is 41.4 Å². The molecule has 1 aromatic heterocycles. The highest BCUT2D eigenvalue weighted by Gasteiger charge is 2.11. The van der Waals surface area contributed by atoms with E-state index in [0.29, 0.717) is 21.6 Å². The second kappa shape index (κ2) is 7.85. The number of rotatable bonds is 4. The molecule has 0 saturated heterocycles. The van der Waals surface area contributed by atoms with Crippen molar-refractivity contribution in [3.63, 3.8) is 0 Å². The fraction of sp³-hybridized carbons (Fsp3) is 0.133. The Morgan fingerprint density at radius 1 is 1.17 bits per heavy atom. The van der Waals surface area contributed by atoms with Gasteiger partial charge in [-0.15, -0.1) is 0 Å². The van der Waals surface area contributed by atoms with E-state index in [1.807, 2.05) is 0 Å². The summed E-state index contributed by atoms with van der Waals surface area (Å²) in [7, 11) is 1.52. The molecule has 0 radical (unpaired) electrons. The molecule has 0 aliphatic carbocycles. The van der Waals surface area contributed by atoms with Crippen LogP contribution in [0.2, 0.25) is 10.3 Å². The second-order valence-electron chi connectivity index (χ2n) is 4.64. The number of nitrogens with zero attached hydrogens (tertiary/aromatic N) is 2. The molecule has 0 fully saturated rings. The van der Waals surface area contributed by atoms with E-state index in [1.165, 1.54) is 11.7 Å². The zero-order valence-corrected chi connectivity index (χ0v) is 14.1. The molecule has 126 valence electrons. The van der Waals surface area contributed by atoms with Crippen LogP contribution >= 0.6 is 23.2 Å². The minimum atomic E-state index is -0.609. The number of benzene rings is 1. The van der Waals surface area contributed by atoms with E-state index < -0.39 is 11.8 Å². The normalized spacial score (nSPS) is 11.2. The number of aliphatic imine (C=N–C) groups is 1. The van der Waals surface area contributed by atoms with E-state index in [9.17, 15) is 9.59 Å². The molecule has 0 atom stereocenters. The molecule has 2 rings (SSSR count). The Labute approximate surface area is 148 Å². The summed E-state index contributed by atoms with van der Waals surface area (Å²) in [5.41, 5.74) is 5.92. The number of methoxy groups -OCH3 is 1. The van der Waals surface area contributed by atoms with Crippen molar-refractivity contribution >= 4 is 41.0 Å². The summed E-state index contributed by atoms with van der Waals surface area (Å²) >= 11 is 11.8. The maximum Gasteiger partial charge on any atom is 0.268 e. The molecule has 2 aromatic rings. The highest BCUT2D eigenvalue weighted by molar-refractivity contribution is 6.33. The largest absolute Gasteiger partial charge is 0.497 e. The number of guanidine groups is 1. The highest BCUT2D eigenvalue weighted by atomic mass is 35.5. The minimum Gasteiger partial charge on any atom is -0.497 e. The molecule has 9 heteroatoms. The SMILES string of the molecule is COc1ccc(C(=O)NC(N)=NC(=O)Cn2c(Cl)ccc2Cl)cc1. The lowest BCUT2D eigenvalue weighted by Gasteiger charge is -2.06. The van der Waals surface area contributed by atoms with Crippen LogP contribution in [0.25, 0.3) is 0 Å². The lowest BCUT2D eigenvalue weighted by Crippen LogP contribution is -2.37. The molecule has 2 amide bonds. The molecule has 0 bridgehead atoms. The van der Waals surface area contributed by atoms with Crippen molar-refractivity contribution < 1.29 is 14.3 Å². The maximum atomic E-state index is 12.0. The van der Waals surface area contributed by atoms with Gasteiger partial charge >= 0.3 is 0 Å². The van der Waals surface area contributed by atoms with Crippen molar-refractivity contribution in [1.29, 1.82) is 0 Å². The van der Waals surface area contributed by atoms with Crippen LogP contribution < -0.4 is 15.8 Å². The number of halogens is 2. The number of nitrogens with one attached hydrogen (secondary N) is 1. The fourth-order valence-corrected chi connectivity index (χ4v) is 2.31. The molecule has 1 heterocycles. The standard InChI is InChI=1S/C15H14Cl2N4O3/c1-24-10-4-2-9(3-5-10)14(23)20-15(18)19-13(22)8-21-11(16)6-7-12(21)17/h2-7H,8H2,1H3,(H3,18,19,20,22,23). The molecular formula is C15H14Cl2N4O3. The topological polar surface area (TPSA) is 98.7 Å². The number of carbonyl (C=O) groups is 2. The smallest absolute Gasteiger partial charge is 0.268 e. The van der Waals surface area contributed by atoms with Gasteiger partial charge in [0.2, 0.25) is 5.96 Å². The highest BCUT2D eigenvalue weighted by Crippen LogP contribution is 2.19. The number of amides is 2. The van der Waals surface area contributed by atoms with Crippen molar-refractivity contribution in [2.24, 2.45) is 10.7 Å². The zero-order chi connectivity index (χ0) is 17.7. The Hall–Kier alpha value is -2.51. The first-order chi connectivity index (χ1) is 11.4. The van der Waals surface area contributed by atoms with Crippen molar-refractivity contribution in [3.05, 3.63) is 52.3 Å². The van der Waals surface area contributed by atoms with Gasteiger partial charge in [-0.25, -0.2) is 0 Å². The summed E-state index contributed by atoms with van der Waals surface area (Å²) in [6.07, 6.45) is 0. The van der Waals surface area contributed by atoms with Crippen LogP contribution in [-0.2, 0) is 11.3 Å². The lowest BCUT2D eigenvalue weighted by atomic mass is 10.2. The first-order valence-corrected chi connectivity index (χ1v) is 7.49. The quantitative estimate of drug-likeness (QED) is 0.637. The van der Waals surface area contributed by atoms with Crippen molar-refractivity contribution in [1.82, 2.24) is 9.88 Å². The monoisotopic (exact) mass is 368 g/mol. The lowest BCUT2D eigenvalue weighted by molar-refractivity contribution is -0.118. The van der Waals surface area contributed by atoms with Crippen molar-refractivity contribution in [2.75, 3.05) is 7.11 Å². The van der Waals surface area contributed by atoms with Gasteiger partial charge in [-0.3, -0.25) is 14.9 Å². The second-order valence-corrected chi connectivity index (χ2v) is 5.41. The summed E-state index contributed by atoms with van der Waals surface area (Å²) in [5, 5.41) is 2.92. The van der Waals surface area contributed by atoms with Gasteiger partial charge in [0, 0.05) is 5.56 Å². The van der Waals surface area contributed by atoms with Gasteiger partial charge in [0.1, 0.15) is 22.6 Å². The number of nitrogens with two attached hydrogens (primary N) is 1. The van der Waals surface area contributed by atoms with E-state index in [-0.39, 0.29) is 12.5 Å². The summed E-state index contributed by atoms with van der Waals surface area (Å²) in [6.45, 7) is -0.191. The summed E-state index contributed by atoms with van der Waals surface area (Å²) < 4.78 is 6.36. The number of hydrogen-bond donors (Lipinski definition) is 2.